The molecule has 0 bridgehead atoms. The monoisotopic (exact) mass is 608 g/mol. The molecule has 7 heteroatoms. The highest BCUT2D eigenvalue weighted by molar-refractivity contribution is 7.85. The maximum atomic E-state index is 10.9. The van der Waals surface area contributed by atoms with E-state index in [1.165, 1.54) is 57.8 Å². The van der Waals surface area contributed by atoms with Crippen LogP contribution in [0.1, 0.15) is 118 Å². The molecular formula is C35H64N2O4S. The van der Waals surface area contributed by atoms with Crippen LogP contribution in [0.3, 0.4) is 0 Å². The van der Waals surface area contributed by atoms with Crippen LogP contribution in [-0.4, -0.2) is 62.7 Å². The average molecular weight is 609 g/mol. The standard InChI is InChI=1S/C35H64N2O4S/c1-25(2)10-8-11-26(3)30-14-15-31-29-13-12-27-24-28(16-19-34(27,4)32(29)17-20-35(30,31)5)41-33(36)18-22-37(6,7)21-9-23-42(38,39)40/h12,25-26,28-33H,8-11,13-24,36H2,1-7H3/t26-,28+,29+,30-,31+,32+,33?,34+,35-/m1/s1. The lowest BCUT2D eigenvalue weighted by atomic mass is 9.47. The van der Waals surface area contributed by atoms with E-state index in [1.807, 2.05) is 0 Å². The fraction of sp³-hybridized carbons (Fsp3) is 0.943. The maximum Gasteiger partial charge on any atom is 0.111 e. The Morgan fingerprint density at radius 3 is 2.43 bits per heavy atom. The van der Waals surface area contributed by atoms with Crippen LogP contribution in [-0.2, 0) is 14.9 Å². The summed E-state index contributed by atoms with van der Waals surface area (Å²) < 4.78 is 39.9. The zero-order valence-electron chi connectivity index (χ0n) is 28.1. The fourth-order valence-electron chi connectivity index (χ4n) is 10.3. The van der Waals surface area contributed by atoms with Crippen molar-refractivity contribution in [1.82, 2.24) is 0 Å². The maximum absolute atomic E-state index is 10.9. The number of nitrogens with two attached hydrogens (primary N) is 1. The Balaban J connectivity index is 1.30. The summed E-state index contributed by atoms with van der Waals surface area (Å²) in [7, 11) is -0.0251. The van der Waals surface area contributed by atoms with Gasteiger partial charge in [0, 0.05) is 18.6 Å². The molecule has 0 spiro atoms. The summed E-state index contributed by atoms with van der Waals surface area (Å²) >= 11 is 0. The second kappa shape index (κ2) is 13.5. The van der Waals surface area contributed by atoms with Crippen molar-refractivity contribution in [2.45, 2.75) is 130 Å². The van der Waals surface area contributed by atoms with Gasteiger partial charge in [-0.05, 0) is 97.7 Å². The van der Waals surface area contributed by atoms with Gasteiger partial charge in [0.2, 0.25) is 0 Å². The zero-order valence-corrected chi connectivity index (χ0v) is 28.9. The first-order chi connectivity index (χ1) is 19.5. The predicted octanol–water partition coefficient (Wildman–Crippen LogP) is 7.10. The second-order valence-corrected chi connectivity index (χ2v) is 18.1. The van der Waals surface area contributed by atoms with Gasteiger partial charge in [0.25, 0.3) is 0 Å². The number of rotatable bonds is 14. The first-order valence-electron chi connectivity index (χ1n) is 17.4. The van der Waals surface area contributed by atoms with Gasteiger partial charge in [0.15, 0.2) is 0 Å². The molecule has 9 atom stereocenters. The van der Waals surface area contributed by atoms with Crippen LogP contribution in [0.15, 0.2) is 11.6 Å². The van der Waals surface area contributed by atoms with Crippen LogP contribution in [0.2, 0.25) is 0 Å². The van der Waals surface area contributed by atoms with Crippen LogP contribution in [0.25, 0.3) is 0 Å². The highest BCUT2D eigenvalue weighted by atomic mass is 32.2. The van der Waals surface area contributed by atoms with Crippen LogP contribution in [0.4, 0.5) is 0 Å². The molecular weight excluding hydrogens is 544 g/mol. The summed E-state index contributed by atoms with van der Waals surface area (Å²) in [4.78, 5) is 0. The summed E-state index contributed by atoms with van der Waals surface area (Å²) in [6, 6.07) is 0. The van der Waals surface area contributed by atoms with E-state index in [-0.39, 0.29) is 18.1 Å². The molecule has 0 saturated heterocycles. The summed E-state index contributed by atoms with van der Waals surface area (Å²) in [5.41, 5.74) is 8.96. The molecule has 1 unspecified atom stereocenters. The van der Waals surface area contributed by atoms with Gasteiger partial charge in [-0.15, -0.1) is 0 Å². The molecule has 3 fully saturated rings. The molecule has 4 aliphatic rings. The topological polar surface area (TPSA) is 92.5 Å². The van der Waals surface area contributed by atoms with E-state index in [0.717, 1.165) is 61.3 Å². The van der Waals surface area contributed by atoms with Gasteiger partial charge in [0.1, 0.15) is 6.23 Å². The Morgan fingerprint density at radius 1 is 1.00 bits per heavy atom. The third kappa shape index (κ3) is 8.02. The number of allylic oxidation sites excluding steroid dienone is 1. The van der Waals surface area contributed by atoms with Gasteiger partial charge < -0.3 is 19.5 Å². The van der Waals surface area contributed by atoms with E-state index in [4.69, 9.17) is 10.5 Å². The molecule has 4 aliphatic carbocycles. The van der Waals surface area contributed by atoms with Crippen molar-refractivity contribution in [3.05, 3.63) is 11.6 Å². The Labute approximate surface area is 258 Å². The van der Waals surface area contributed by atoms with Gasteiger partial charge in [-0.3, -0.25) is 0 Å². The van der Waals surface area contributed by atoms with E-state index in [2.05, 4.69) is 54.8 Å². The summed E-state index contributed by atoms with van der Waals surface area (Å²) in [6.45, 7) is 14.0. The molecule has 0 aromatic rings. The first-order valence-corrected chi connectivity index (χ1v) is 19.0. The number of ether oxygens (including phenoxy) is 1. The predicted molar refractivity (Wildman–Crippen MR) is 172 cm³/mol. The Bertz CT molecular complexity index is 1040. The lowest BCUT2D eigenvalue weighted by molar-refractivity contribution is -0.890. The van der Waals surface area contributed by atoms with E-state index < -0.39 is 10.1 Å². The molecule has 42 heavy (non-hydrogen) atoms. The lowest BCUT2D eigenvalue weighted by Crippen LogP contribution is -2.51. The lowest BCUT2D eigenvalue weighted by Gasteiger charge is -2.58. The fourth-order valence-corrected chi connectivity index (χ4v) is 10.8. The van der Waals surface area contributed by atoms with Crippen LogP contribution in [0, 0.1) is 46.3 Å². The third-order valence-corrected chi connectivity index (χ3v) is 13.6. The third-order valence-electron chi connectivity index (χ3n) is 12.8. The number of fused-ring (bicyclic) bond motifs is 5. The second-order valence-electron chi connectivity index (χ2n) is 16.6. The Hall–Kier alpha value is -0.470. The van der Waals surface area contributed by atoms with Crippen LogP contribution in [0.5, 0.6) is 0 Å². The van der Waals surface area contributed by atoms with Crippen LogP contribution < -0.4 is 5.73 Å². The molecule has 244 valence electrons. The molecule has 2 N–H and O–H groups in total. The summed E-state index contributed by atoms with van der Waals surface area (Å²) in [5, 5.41) is 0. The number of nitrogens with zero attached hydrogens (tertiary/aromatic N) is 1. The molecule has 0 aromatic heterocycles. The number of quaternary nitrogens is 1. The number of hydrogen-bond donors (Lipinski definition) is 1. The molecule has 6 nitrogen and oxygen atoms in total. The van der Waals surface area contributed by atoms with Crippen molar-refractivity contribution in [3.8, 4) is 0 Å². The van der Waals surface area contributed by atoms with Gasteiger partial charge in [-0.2, -0.15) is 0 Å². The van der Waals surface area contributed by atoms with Crippen molar-refractivity contribution in [2.24, 2.45) is 52.1 Å². The minimum absolute atomic E-state index is 0.188. The molecule has 0 amide bonds. The van der Waals surface area contributed by atoms with E-state index >= 15 is 0 Å². The van der Waals surface area contributed by atoms with Gasteiger partial charge >= 0.3 is 0 Å². The van der Waals surface area contributed by atoms with Crippen molar-refractivity contribution in [2.75, 3.05) is 32.9 Å². The minimum atomic E-state index is -4.15. The first kappa shape index (κ1) is 34.4. The van der Waals surface area contributed by atoms with E-state index in [0.29, 0.717) is 28.3 Å². The molecule has 4 rings (SSSR count). The van der Waals surface area contributed by atoms with Crippen molar-refractivity contribution < 1.29 is 22.2 Å². The van der Waals surface area contributed by atoms with Crippen molar-refractivity contribution in [1.29, 1.82) is 0 Å². The SMILES string of the molecule is CC(C)CCC[C@@H](C)[C@H]1CC[C@H]2[C@@H]3CC=C4C[C@@H](OC(N)CC[N+](C)(C)CCCS(=O)(=O)[O-])CC[C@]4(C)[C@H]3CC[C@]12C. The quantitative estimate of drug-likeness (QED) is 0.0983. The summed E-state index contributed by atoms with van der Waals surface area (Å²) in [6.07, 6.45) is 18.1. The van der Waals surface area contributed by atoms with Gasteiger partial charge in [0.05, 0.1) is 43.4 Å². The van der Waals surface area contributed by atoms with Gasteiger partial charge in [-0.25, -0.2) is 8.42 Å². The van der Waals surface area contributed by atoms with E-state index in [9.17, 15) is 13.0 Å². The average Bonchev–Trinajstić information content (AvgIpc) is 3.24. The van der Waals surface area contributed by atoms with Crippen molar-refractivity contribution >= 4 is 10.1 Å². The molecule has 0 radical (unpaired) electrons. The number of hydrogen-bond acceptors (Lipinski definition) is 5. The Morgan fingerprint density at radius 2 is 1.74 bits per heavy atom. The molecule has 0 heterocycles. The van der Waals surface area contributed by atoms with Crippen molar-refractivity contribution in [3.63, 3.8) is 0 Å². The molecule has 0 aromatic carbocycles. The highest BCUT2D eigenvalue weighted by Crippen LogP contribution is 2.67. The van der Waals surface area contributed by atoms with Crippen LogP contribution >= 0.6 is 0 Å². The summed E-state index contributed by atoms with van der Waals surface area (Å²) in [5.74, 6) is 4.84. The Kier molecular flexibility index (Phi) is 11.0. The van der Waals surface area contributed by atoms with E-state index in [1.54, 1.807) is 5.57 Å². The molecule has 3 saturated carbocycles. The normalized spacial score (nSPS) is 36.6. The highest BCUT2D eigenvalue weighted by Gasteiger charge is 2.59. The zero-order chi connectivity index (χ0) is 30.9. The minimum Gasteiger partial charge on any atom is -0.748 e. The smallest absolute Gasteiger partial charge is 0.111 e. The van der Waals surface area contributed by atoms with Gasteiger partial charge in [-0.1, -0.05) is 65.5 Å². The largest absolute Gasteiger partial charge is 0.748 e. The molecule has 0 aliphatic heterocycles.